The average molecular weight is 1150 g/mol. The van der Waals surface area contributed by atoms with Gasteiger partial charge < -0.3 is 14.2 Å². The summed E-state index contributed by atoms with van der Waals surface area (Å²) in [4.78, 5) is 38.4. The lowest BCUT2D eigenvalue weighted by Gasteiger charge is -2.18. The van der Waals surface area contributed by atoms with Crippen LogP contribution in [-0.4, -0.2) is 37.2 Å². The maximum absolute atomic E-state index is 12.9. The fourth-order valence-electron chi connectivity index (χ4n) is 10.6. The van der Waals surface area contributed by atoms with E-state index in [1.807, 2.05) is 0 Å². The van der Waals surface area contributed by atoms with Crippen molar-refractivity contribution in [2.24, 2.45) is 0 Å². The van der Waals surface area contributed by atoms with Gasteiger partial charge in [0.05, 0.1) is 0 Å². The van der Waals surface area contributed by atoms with Crippen molar-refractivity contribution >= 4 is 17.9 Å². The summed E-state index contributed by atoms with van der Waals surface area (Å²) in [7, 11) is 0. The van der Waals surface area contributed by atoms with Crippen LogP contribution in [0, 0.1) is 0 Å². The number of hydrogen-bond donors (Lipinski definition) is 0. The molecule has 6 heteroatoms. The van der Waals surface area contributed by atoms with Crippen LogP contribution >= 0.6 is 0 Å². The van der Waals surface area contributed by atoms with E-state index in [4.69, 9.17) is 14.2 Å². The van der Waals surface area contributed by atoms with E-state index in [1.54, 1.807) is 0 Å². The van der Waals surface area contributed by atoms with Gasteiger partial charge in [-0.15, -0.1) is 0 Å². The van der Waals surface area contributed by atoms with Gasteiger partial charge in [-0.2, -0.15) is 0 Å². The van der Waals surface area contributed by atoms with Crippen LogP contribution in [0.2, 0.25) is 0 Å². The van der Waals surface area contributed by atoms with Crippen LogP contribution in [-0.2, 0) is 28.6 Å². The molecule has 0 bridgehead atoms. The van der Waals surface area contributed by atoms with Crippen molar-refractivity contribution in [1.82, 2.24) is 0 Å². The van der Waals surface area contributed by atoms with Gasteiger partial charge in [0.15, 0.2) is 6.10 Å². The molecule has 0 aromatic rings. The molecule has 0 saturated heterocycles. The number of allylic oxidation sites excluding steroid dienone is 12. The Balaban J connectivity index is 4.14. The molecule has 0 amide bonds. The van der Waals surface area contributed by atoms with Gasteiger partial charge in [0.2, 0.25) is 0 Å². The first-order valence-electron chi connectivity index (χ1n) is 35.9. The maximum Gasteiger partial charge on any atom is 0.306 e. The molecule has 0 spiro atoms. The van der Waals surface area contributed by atoms with E-state index in [1.165, 1.54) is 225 Å². The highest BCUT2D eigenvalue weighted by molar-refractivity contribution is 5.71. The van der Waals surface area contributed by atoms with E-state index in [2.05, 4.69) is 93.7 Å². The van der Waals surface area contributed by atoms with Gasteiger partial charge in [-0.25, -0.2) is 0 Å². The third kappa shape index (κ3) is 67.6. The highest BCUT2D eigenvalue weighted by atomic mass is 16.6. The summed E-state index contributed by atoms with van der Waals surface area (Å²) in [6, 6.07) is 0. The van der Waals surface area contributed by atoms with Gasteiger partial charge in [0.25, 0.3) is 0 Å². The Kier molecular flexibility index (Phi) is 67.6. The van der Waals surface area contributed by atoms with E-state index in [9.17, 15) is 14.4 Å². The van der Waals surface area contributed by atoms with Crippen molar-refractivity contribution in [3.63, 3.8) is 0 Å². The maximum atomic E-state index is 12.9. The topological polar surface area (TPSA) is 78.9 Å². The molecular weight excluding hydrogens is 1010 g/mol. The molecule has 0 aromatic heterocycles. The average Bonchev–Trinajstić information content (AvgIpc) is 3.47. The van der Waals surface area contributed by atoms with Crippen LogP contribution in [0.1, 0.15) is 374 Å². The van der Waals surface area contributed by atoms with Gasteiger partial charge in [-0.1, -0.05) is 344 Å². The minimum Gasteiger partial charge on any atom is -0.462 e. The number of hydrogen-bond acceptors (Lipinski definition) is 6. The second-order valence-electron chi connectivity index (χ2n) is 24.1. The number of esters is 3. The van der Waals surface area contributed by atoms with E-state index >= 15 is 0 Å². The minimum atomic E-state index is -0.778. The van der Waals surface area contributed by atoms with Crippen molar-refractivity contribution in [2.75, 3.05) is 13.2 Å². The molecule has 0 rings (SSSR count). The van der Waals surface area contributed by atoms with Gasteiger partial charge in [0, 0.05) is 19.3 Å². The summed E-state index contributed by atoms with van der Waals surface area (Å²) in [5, 5.41) is 0. The highest BCUT2D eigenvalue weighted by Gasteiger charge is 2.19. The van der Waals surface area contributed by atoms with Gasteiger partial charge in [-0.05, 0) is 83.5 Å². The summed E-state index contributed by atoms with van der Waals surface area (Å²) >= 11 is 0. The van der Waals surface area contributed by atoms with E-state index in [-0.39, 0.29) is 31.1 Å². The summed E-state index contributed by atoms with van der Waals surface area (Å²) in [6.07, 6.45) is 92.3. The summed E-state index contributed by atoms with van der Waals surface area (Å²) < 4.78 is 17.0. The molecule has 0 N–H and O–H groups in total. The number of ether oxygens (including phenoxy) is 3. The zero-order chi connectivity index (χ0) is 59.2. The van der Waals surface area contributed by atoms with E-state index < -0.39 is 6.10 Å². The first-order chi connectivity index (χ1) is 40.5. The molecular formula is C76H136O6. The molecule has 0 aromatic carbocycles. The van der Waals surface area contributed by atoms with Gasteiger partial charge in [0.1, 0.15) is 13.2 Å². The summed E-state index contributed by atoms with van der Waals surface area (Å²) in [5.74, 6) is -0.864. The number of carbonyl (C=O) groups is 3. The smallest absolute Gasteiger partial charge is 0.306 e. The molecule has 82 heavy (non-hydrogen) atoms. The van der Waals surface area contributed by atoms with Crippen molar-refractivity contribution in [1.29, 1.82) is 0 Å². The summed E-state index contributed by atoms with van der Waals surface area (Å²) in [5.41, 5.74) is 0. The third-order valence-electron chi connectivity index (χ3n) is 15.9. The van der Waals surface area contributed by atoms with Crippen molar-refractivity contribution < 1.29 is 28.6 Å². The predicted molar refractivity (Wildman–Crippen MR) is 358 cm³/mol. The Bertz CT molecular complexity index is 1500. The fraction of sp³-hybridized carbons (Fsp3) is 0.803. The lowest BCUT2D eigenvalue weighted by atomic mass is 10.0. The Morgan fingerprint density at radius 1 is 0.256 bits per heavy atom. The minimum absolute atomic E-state index is 0.0737. The molecule has 1 atom stereocenters. The molecule has 0 heterocycles. The molecule has 0 saturated carbocycles. The van der Waals surface area contributed by atoms with Crippen molar-refractivity contribution in [2.45, 2.75) is 380 Å². The molecule has 0 aliphatic carbocycles. The van der Waals surface area contributed by atoms with Crippen LogP contribution in [0.15, 0.2) is 72.9 Å². The van der Waals surface area contributed by atoms with Gasteiger partial charge >= 0.3 is 17.9 Å². The Hall–Kier alpha value is -3.15. The molecule has 476 valence electrons. The molecule has 0 fully saturated rings. The standard InChI is InChI=1S/C76H136O6/c1-4-7-10-13-16-19-22-25-27-29-31-32-33-34-35-36-37-38-39-40-41-42-43-44-45-47-48-51-54-57-60-63-66-69-75(78)81-72-73(71-80-74(77)68-65-62-59-56-53-50-24-21-18-15-12-9-6-3)82-76(79)70-67-64-61-58-55-52-49-46-30-28-26-23-20-17-14-11-8-5-2/h7,10,12,15-16,19,21,24-25,27,31-32,73H,4-6,8-9,11,13-14,17-18,20,22-23,26,28-30,33-72H2,1-3H3/b10-7-,15-12-,19-16-,24-21-,27-25-,32-31-. The largest absolute Gasteiger partial charge is 0.462 e. The van der Waals surface area contributed by atoms with Gasteiger partial charge in [-0.3, -0.25) is 14.4 Å². The first-order valence-corrected chi connectivity index (χ1v) is 35.9. The third-order valence-corrected chi connectivity index (χ3v) is 15.9. The van der Waals surface area contributed by atoms with Crippen LogP contribution in [0.4, 0.5) is 0 Å². The Morgan fingerprint density at radius 3 is 0.793 bits per heavy atom. The molecule has 0 aliphatic rings. The summed E-state index contributed by atoms with van der Waals surface area (Å²) in [6.45, 7) is 6.51. The lowest BCUT2D eigenvalue weighted by molar-refractivity contribution is -0.167. The zero-order valence-corrected chi connectivity index (χ0v) is 54.8. The quantitative estimate of drug-likeness (QED) is 0.0261. The van der Waals surface area contributed by atoms with Crippen LogP contribution in [0.3, 0.4) is 0 Å². The van der Waals surface area contributed by atoms with E-state index in [0.717, 1.165) is 109 Å². The number of unbranched alkanes of at least 4 members (excludes halogenated alkanes) is 43. The molecule has 1 unspecified atom stereocenters. The van der Waals surface area contributed by atoms with Crippen molar-refractivity contribution in [3.8, 4) is 0 Å². The molecule has 6 nitrogen and oxygen atoms in total. The molecule has 0 radical (unpaired) electrons. The Labute approximate surface area is 510 Å². The van der Waals surface area contributed by atoms with Crippen LogP contribution in [0.25, 0.3) is 0 Å². The van der Waals surface area contributed by atoms with Crippen molar-refractivity contribution in [3.05, 3.63) is 72.9 Å². The van der Waals surface area contributed by atoms with Crippen LogP contribution in [0.5, 0.6) is 0 Å². The number of rotatable bonds is 66. The SMILES string of the molecule is CC/C=C\C/C=C\C/C=C\C/C=C\CCCCCCCCCCCCCCCCCCCCCCC(=O)OCC(COC(=O)CCCCCCC/C=C\C/C=C\CCC)OC(=O)CCCCCCCCCCCCCCCCCCCC. The number of carbonyl (C=O) groups excluding carboxylic acids is 3. The predicted octanol–water partition coefficient (Wildman–Crippen LogP) is 24.8. The monoisotopic (exact) mass is 1150 g/mol. The second-order valence-corrected chi connectivity index (χ2v) is 24.1. The lowest BCUT2D eigenvalue weighted by Crippen LogP contribution is -2.30. The normalized spacial score (nSPS) is 12.5. The second kappa shape index (κ2) is 70.3. The van der Waals surface area contributed by atoms with Crippen LogP contribution < -0.4 is 0 Å². The van der Waals surface area contributed by atoms with E-state index in [0.29, 0.717) is 19.3 Å². The zero-order valence-electron chi connectivity index (χ0n) is 54.8. The first kappa shape index (κ1) is 78.8. The Morgan fingerprint density at radius 2 is 0.500 bits per heavy atom. The fourth-order valence-corrected chi connectivity index (χ4v) is 10.6. The molecule has 0 aliphatic heterocycles. The highest BCUT2D eigenvalue weighted by Crippen LogP contribution is 2.18.